The smallest absolute Gasteiger partial charge is 0.203 e. The third kappa shape index (κ3) is 3.47. The van der Waals surface area contributed by atoms with Gasteiger partial charge in [0.15, 0.2) is 0 Å². The van der Waals surface area contributed by atoms with Gasteiger partial charge in [0, 0.05) is 10.4 Å². The maximum atomic E-state index is 5.59. The molecule has 0 amide bonds. The van der Waals surface area contributed by atoms with Gasteiger partial charge in [-0.1, -0.05) is 19.1 Å². The molecule has 0 saturated carbocycles. The molecule has 0 saturated heterocycles. The summed E-state index contributed by atoms with van der Waals surface area (Å²) in [6, 6.07) is 7.89. The second kappa shape index (κ2) is 6.92. The Morgan fingerprint density at radius 2 is 2.32 bits per heavy atom. The molecule has 116 valence electrons. The number of hydrazone groups is 1. The topological polar surface area (TPSA) is 46.5 Å². The van der Waals surface area contributed by atoms with E-state index in [1.807, 2.05) is 31.2 Å². The molecule has 1 aromatic carbocycles. The fourth-order valence-electron chi connectivity index (χ4n) is 2.62. The van der Waals surface area contributed by atoms with Gasteiger partial charge in [-0.25, -0.2) is 4.98 Å². The van der Waals surface area contributed by atoms with E-state index in [4.69, 9.17) is 4.74 Å². The Balaban J connectivity index is 1.68. The Morgan fingerprint density at radius 3 is 3.18 bits per heavy atom. The highest BCUT2D eigenvalue weighted by Gasteiger charge is 2.19. The Kier molecular flexibility index (Phi) is 4.73. The summed E-state index contributed by atoms with van der Waals surface area (Å²) in [6.45, 7) is 4.93. The van der Waals surface area contributed by atoms with E-state index < -0.39 is 0 Å². The normalized spacial score (nSPS) is 17.5. The van der Waals surface area contributed by atoms with E-state index in [0.29, 0.717) is 6.61 Å². The molecule has 3 rings (SSSR count). The predicted octanol–water partition coefficient (Wildman–Crippen LogP) is 4.11. The van der Waals surface area contributed by atoms with Crippen molar-refractivity contribution in [2.45, 2.75) is 33.1 Å². The summed E-state index contributed by atoms with van der Waals surface area (Å²) >= 11 is 1.72. The number of thiazole rings is 1. The molecule has 1 N–H and O–H groups in total. The summed E-state index contributed by atoms with van der Waals surface area (Å²) < 4.78 is 5.59. The average molecular weight is 315 g/mol. The molecule has 1 atom stereocenters. The first-order chi connectivity index (χ1) is 10.8. The number of hydrogen-bond donors (Lipinski definition) is 1. The fourth-order valence-corrected chi connectivity index (χ4v) is 3.74. The van der Waals surface area contributed by atoms with E-state index in [2.05, 4.69) is 22.4 Å². The summed E-state index contributed by atoms with van der Waals surface area (Å²) in [5, 5.41) is 5.19. The number of nitrogens with zero attached hydrogens (tertiary/aromatic N) is 2. The van der Waals surface area contributed by atoms with Crippen LogP contribution >= 0.6 is 11.3 Å². The molecular weight excluding hydrogens is 294 g/mol. The van der Waals surface area contributed by atoms with Crippen LogP contribution in [0.15, 0.2) is 29.4 Å². The van der Waals surface area contributed by atoms with Crippen molar-refractivity contribution in [1.82, 2.24) is 4.98 Å². The maximum Gasteiger partial charge on any atom is 0.203 e. The molecule has 22 heavy (non-hydrogen) atoms. The fraction of sp³-hybridized carbons (Fsp3) is 0.412. The molecule has 4 nitrogen and oxygen atoms in total. The summed E-state index contributed by atoms with van der Waals surface area (Å²) in [5.41, 5.74) is 5.27. The first kappa shape index (κ1) is 15.0. The second-order valence-electron chi connectivity index (χ2n) is 5.58. The first-order valence-corrected chi connectivity index (χ1v) is 8.57. The largest absolute Gasteiger partial charge is 0.493 e. The summed E-state index contributed by atoms with van der Waals surface area (Å²) in [7, 11) is 0. The van der Waals surface area contributed by atoms with Crippen LogP contribution in [-0.4, -0.2) is 17.8 Å². The van der Waals surface area contributed by atoms with E-state index in [1.165, 1.54) is 17.0 Å². The Morgan fingerprint density at radius 1 is 1.45 bits per heavy atom. The van der Waals surface area contributed by atoms with Crippen molar-refractivity contribution in [1.29, 1.82) is 0 Å². The number of aryl methyl sites for hydroxylation is 1. The lowest BCUT2D eigenvalue weighted by molar-refractivity contribution is 0.340. The number of para-hydroxylation sites is 1. The molecule has 5 heteroatoms. The van der Waals surface area contributed by atoms with Crippen LogP contribution in [0.3, 0.4) is 0 Å². The zero-order valence-corrected chi connectivity index (χ0v) is 13.8. The van der Waals surface area contributed by atoms with E-state index in [-0.39, 0.29) is 0 Å². The quantitative estimate of drug-likeness (QED) is 0.667. The SMILES string of the molecule is CCOc1ccccc1C=NNc1nc2c(s1)CC(C)CC2. The van der Waals surface area contributed by atoms with E-state index in [1.54, 1.807) is 17.6 Å². The lowest BCUT2D eigenvalue weighted by Crippen LogP contribution is -2.09. The third-order valence-electron chi connectivity index (χ3n) is 3.77. The lowest BCUT2D eigenvalue weighted by atomic mass is 9.93. The molecular formula is C17H21N3OS. The number of benzene rings is 1. The lowest BCUT2D eigenvalue weighted by Gasteiger charge is -2.15. The summed E-state index contributed by atoms with van der Waals surface area (Å²) in [4.78, 5) is 6.05. The molecule has 0 bridgehead atoms. The Labute approximate surface area is 135 Å². The highest BCUT2D eigenvalue weighted by Crippen LogP contribution is 2.32. The Bertz CT molecular complexity index is 666. The van der Waals surface area contributed by atoms with Gasteiger partial charge in [-0.15, -0.1) is 11.3 Å². The molecule has 1 heterocycles. The van der Waals surface area contributed by atoms with Crippen molar-refractivity contribution in [2.75, 3.05) is 12.0 Å². The number of anilines is 1. The van der Waals surface area contributed by atoms with Crippen LogP contribution < -0.4 is 10.2 Å². The number of aromatic nitrogens is 1. The van der Waals surface area contributed by atoms with Gasteiger partial charge in [-0.3, -0.25) is 5.43 Å². The van der Waals surface area contributed by atoms with Crippen LogP contribution in [0.25, 0.3) is 0 Å². The molecule has 1 unspecified atom stereocenters. The van der Waals surface area contributed by atoms with Crippen molar-refractivity contribution in [3.05, 3.63) is 40.4 Å². The molecule has 0 radical (unpaired) electrons. The van der Waals surface area contributed by atoms with Gasteiger partial charge in [0.1, 0.15) is 5.75 Å². The highest BCUT2D eigenvalue weighted by atomic mass is 32.1. The summed E-state index contributed by atoms with van der Waals surface area (Å²) in [6.07, 6.45) is 5.26. The van der Waals surface area contributed by atoms with Gasteiger partial charge in [0.05, 0.1) is 18.5 Å². The van der Waals surface area contributed by atoms with Crippen molar-refractivity contribution >= 4 is 22.7 Å². The van der Waals surface area contributed by atoms with Crippen molar-refractivity contribution in [3.63, 3.8) is 0 Å². The van der Waals surface area contributed by atoms with E-state index in [0.717, 1.165) is 35.2 Å². The van der Waals surface area contributed by atoms with E-state index >= 15 is 0 Å². The number of hydrogen-bond acceptors (Lipinski definition) is 5. The molecule has 1 aliphatic carbocycles. The van der Waals surface area contributed by atoms with Crippen LogP contribution in [0.2, 0.25) is 0 Å². The average Bonchev–Trinajstić information content (AvgIpc) is 2.91. The van der Waals surface area contributed by atoms with Crippen LogP contribution in [0.1, 0.15) is 36.4 Å². The van der Waals surface area contributed by atoms with Crippen LogP contribution in [-0.2, 0) is 12.8 Å². The first-order valence-electron chi connectivity index (χ1n) is 7.75. The Hall–Kier alpha value is -1.88. The minimum absolute atomic E-state index is 0.648. The molecule has 0 fully saturated rings. The van der Waals surface area contributed by atoms with Crippen LogP contribution in [0.4, 0.5) is 5.13 Å². The number of fused-ring (bicyclic) bond motifs is 1. The third-order valence-corrected chi connectivity index (χ3v) is 4.79. The molecule has 1 aliphatic rings. The van der Waals surface area contributed by atoms with Gasteiger partial charge in [0.25, 0.3) is 0 Å². The van der Waals surface area contributed by atoms with Gasteiger partial charge in [-0.2, -0.15) is 5.10 Å². The van der Waals surface area contributed by atoms with Gasteiger partial charge >= 0.3 is 0 Å². The maximum absolute atomic E-state index is 5.59. The van der Waals surface area contributed by atoms with Crippen molar-refractivity contribution in [3.8, 4) is 5.75 Å². The van der Waals surface area contributed by atoms with Crippen molar-refractivity contribution in [2.24, 2.45) is 11.0 Å². The summed E-state index contributed by atoms with van der Waals surface area (Å²) in [5.74, 6) is 1.62. The van der Waals surface area contributed by atoms with Gasteiger partial charge < -0.3 is 4.74 Å². The number of nitrogens with one attached hydrogen (secondary N) is 1. The minimum Gasteiger partial charge on any atom is -0.493 e. The van der Waals surface area contributed by atoms with Gasteiger partial charge in [-0.05, 0) is 44.2 Å². The minimum atomic E-state index is 0.648. The number of rotatable bonds is 5. The van der Waals surface area contributed by atoms with Crippen LogP contribution in [0, 0.1) is 5.92 Å². The zero-order chi connectivity index (χ0) is 15.4. The second-order valence-corrected chi connectivity index (χ2v) is 6.66. The van der Waals surface area contributed by atoms with Crippen molar-refractivity contribution < 1.29 is 4.74 Å². The van der Waals surface area contributed by atoms with E-state index in [9.17, 15) is 0 Å². The number of ether oxygens (including phenoxy) is 1. The molecule has 1 aromatic heterocycles. The van der Waals surface area contributed by atoms with Crippen LogP contribution in [0.5, 0.6) is 5.75 Å². The molecule has 0 spiro atoms. The standard InChI is InChI=1S/C17H21N3OS/c1-3-21-15-7-5-4-6-13(15)11-18-20-17-19-14-9-8-12(2)10-16(14)22-17/h4-7,11-12H,3,8-10H2,1-2H3,(H,19,20). The highest BCUT2D eigenvalue weighted by molar-refractivity contribution is 7.15. The predicted molar refractivity (Wildman–Crippen MR) is 92.1 cm³/mol. The monoisotopic (exact) mass is 315 g/mol. The zero-order valence-electron chi connectivity index (χ0n) is 13.0. The van der Waals surface area contributed by atoms with Gasteiger partial charge in [0.2, 0.25) is 5.13 Å². The molecule has 2 aromatic rings. The molecule has 0 aliphatic heterocycles.